The molecule has 0 amide bonds. The molecule has 2 heterocycles. The van der Waals surface area contributed by atoms with Gasteiger partial charge in [0.05, 0.1) is 5.69 Å². The van der Waals surface area contributed by atoms with E-state index in [1.54, 1.807) is 11.3 Å². The second-order valence-corrected chi connectivity index (χ2v) is 5.08. The van der Waals surface area contributed by atoms with Crippen LogP contribution in [0.2, 0.25) is 0 Å². The lowest BCUT2D eigenvalue weighted by Crippen LogP contribution is -2.33. The molecule has 1 aliphatic rings. The van der Waals surface area contributed by atoms with Crippen LogP contribution in [0.1, 0.15) is 17.0 Å². The highest BCUT2D eigenvalue weighted by atomic mass is 32.1. The van der Waals surface area contributed by atoms with Gasteiger partial charge in [-0.2, -0.15) is 0 Å². The quantitative estimate of drug-likeness (QED) is 0.804. The summed E-state index contributed by atoms with van der Waals surface area (Å²) in [5, 5.41) is 4.54. The van der Waals surface area contributed by atoms with Gasteiger partial charge in [0.1, 0.15) is 0 Å². The summed E-state index contributed by atoms with van der Waals surface area (Å²) in [4.78, 5) is 8.21. The Kier molecular flexibility index (Phi) is 2.74. The Hall–Kier alpha value is -0.610. The fourth-order valence-electron chi connectivity index (χ4n) is 1.73. The average Bonchev–Trinajstić information content (AvgIpc) is 2.76. The highest BCUT2D eigenvalue weighted by molar-refractivity contribution is 7.15. The summed E-state index contributed by atoms with van der Waals surface area (Å²) >= 11 is 1.80. The van der Waals surface area contributed by atoms with Gasteiger partial charge in [0.25, 0.3) is 0 Å². The molecule has 1 aliphatic heterocycles. The van der Waals surface area contributed by atoms with Crippen LogP contribution in [0.5, 0.6) is 0 Å². The third-order valence-corrected chi connectivity index (χ3v) is 4.06. The van der Waals surface area contributed by atoms with E-state index in [1.165, 1.54) is 17.0 Å². The maximum absolute atomic E-state index is 4.57. The van der Waals surface area contributed by atoms with Gasteiger partial charge < -0.3 is 10.2 Å². The van der Waals surface area contributed by atoms with Crippen molar-refractivity contribution in [1.82, 2.24) is 10.3 Å². The summed E-state index contributed by atoms with van der Waals surface area (Å²) in [6.07, 6.45) is 1.23. The molecule has 0 bridgehead atoms. The van der Waals surface area contributed by atoms with Crippen LogP contribution in [0.3, 0.4) is 0 Å². The minimum absolute atomic E-state index is 0.625. The van der Waals surface area contributed by atoms with E-state index in [0.717, 1.165) is 18.2 Å². The molecule has 1 aromatic heterocycles. The Morgan fingerprint density at radius 3 is 2.79 bits per heavy atom. The molecule has 1 aromatic rings. The molecule has 0 radical (unpaired) electrons. The van der Waals surface area contributed by atoms with E-state index in [2.05, 4.69) is 36.1 Å². The molecule has 2 rings (SSSR count). The number of thiazole rings is 1. The number of anilines is 1. The molecular weight excluding hydrogens is 194 g/mol. The monoisotopic (exact) mass is 211 g/mol. The SMILES string of the molecule is Cc1nc(N(C)C2CCNC2)sc1C. The second-order valence-electron chi connectivity index (χ2n) is 3.90. The van der Waals surface area contributed by atoms with Crippen molar-refractivity contribution < 1.29 is 0 Å². The summed E-state index contributed by atoms with van der Waals surface area (Å²) < 4.78 is 0. The first-order chi connectivity index (χ1) is 6.68. The average molecular weight is 211 g/mol. The lowest BCUT2D eigenvalue weighted by Gasteiger charge is -2.22. The zero-order valence-corrected chi connectivity index (χ0v) is 9.82. The molecule has 1 unspecified atom stereocenters. The predicted octanol–water partition coefficient (Wildman–Crippen LogP) is 1.56. The lowest BCUT2D eigenvalue weighted by molar-refractivity contribution is 0.683. The number of aromatic nitrogens is 1. The number of nitrogens with zero attached hydrogens (tertiary/aromatic N) is 2. The van der Waals surface area contributed by atoms with Crippen molar-refractivity contribution in [2.75, 3.05) is 25.0 Å². The summed E-state index contributed by atoms with van der Waals surface area (Å²) in [5.41, 5.74) is 1.17. The molecule has 1 N–H and O–H groups in total. The van der Waals surface area contributed by atoms with Crippen LogP contribution in [0.15, 0.2) is 0 Å². The Balaban J connectivity index is 2.13. The van der Waals surface area contributed by atoms with Crippen LogP contribution >= 0.6 is 11.3 Å². The van der Waals surface area contributed by atoms with Crippen LogP contribution in [0, 0.1) is 13.8 Å². The first kappa shape index (κ1) is 9.93. The molecule has 1 saturated heterocycles. The Morgan fingerprint density at radius 1 is 1.50 bits per heavy atom. The zero-order chi connectivity index (χ0) is 10.1. The van der Waals surface area contributed by atoms with Gasteiger partial charge in [-0.15, -0.1) is 11.3 Å². The van der Waals surface area contributed by atoms with E-state index in [0.29, 0.717) is 6.04 Å². The minimum Gasteiger partial charge on any atom is -0.347 e. The van der Waals surface area contributed by atoms with E-state index in [-0.39, 0.29) is 0 Å². The molecule has 1 atom stereocenters. The maximum Gasteiger partial charge on any atom is 0.185 e. The number of aryl methyl sites for hydroxylation is 2. The largest absolute Gasteiger partial charge is 0.347 e. The van der Waals surface area contributed by atoms with Gasteiger partial charge in [0, 0.05) is 24.5 Å². The molecule has 0 aromatic carbocycles. The first-order valence-electron chi connectivity index (χ1n) is 5.06. The number of rotatable bonds is 2. The van der Waals surface area contributed by atoms with Crippen LogP contribution in [0.25, 0.3) is 0 Å². The van der Waals surface area contributed by atoms with Crippen molar-refractivity contribution in [3.05, 3.63) is 10.6 Å². The van der Waals surface area contributed by atoms with Crippen molar-refractivity contribution in [2.24, 2.45) is 0 Å². The number of nitrogens with one attached hydrogen (secondary N) is 1. The standard InChI is InChI=1S/C10H17N3S/c1-7-8(2)14-10(12-7)13(3)9-4-5-11-6-9/h9,11H,4-6H2,1-3H3. The highest BCUT2D eigenvalue weighted by Gasteiger charge is 2.21. The molecule has 3 nitrogen and oxygen atoms in total. The maximum atomic E-state index is 4.57. The van der Waals surface area contributed by atoms with E-state index in [4.69, 9.17) is 0 Å². The smallest absolute Gasteiger partial charge is 0.185 e. The van der Waals surface area contributed by atoms with Gasteiger partial charge in [-0.1, -0.05) is 0 Å². The van der Waals surface area contributed by atoms with Crippen LogP contribution < -0.4 is 10.2 Å². The molecular formula is C10H17N3S. The summed E-state index contributed by atoms with van der Waals surface area (Å²) in [6, 6.07) is 0.625. The van der Waals surface area contributed by atoms with E-state index in [1.807, 2.05) is 0 Å². The molecule has 4 heteroatoms. The summed E-state index contributed by atoms with van der Waals surface area (Å²) in [5.74, 6) is 0. The van der Waals surface area contributed by atoms with Crippen molar-refractivity contribution in [3.63, 3.8) is 0 Å². The summed E-state index contributed by atoms with van der Waals surface area (Å²) in [7, 11) is 2.15. The highest BCUT2D eigenvalue weighted by Crippen LogP contribution is 2.26. The number of hydrogen-bond donors (Lipinski definition) is 1. The van der Waals surface area contributed by atoms with E-state index >= 15 is 0 Å². The molecule has 0 aliphatic carbocycles. The van der Waals surface area contributed by atoms with E-state index < -0.39 is 0 Å². The second kappa shape index (κ2) is 3.87. The molecule has 1 fully saturated rings. The van der Waals surface area contributed by atoms with Crippen molar-refractivity contribution in [2.45, 2.75) is 26.3 Å². The molecule has 0 saturated carbocycles. The van der Waals surface area contributed by atoms with Gasteiger partial charge in [0.2, 0.25) is 0 Å². The number of likely N-dealkylation sites (N-methyl/N-ethyl adjacent to an activating group) is 1. The van der Waals surface area contributed by atoms with Crippen LogP contribution in [0.4, 0.5) is 5.13 Å². The minimum atomic E-state index is 0.625. The van der Waals surface area contributed by atoms with Gasteiger partial charge in [-0.05, 0) is 26.8 Å². The fourth-order valence-corrected chi connectivity index (χ4v) is 2.68. The van der Waals surface area contributed by atoms with E-state index in [9.17, 15) is 0 Å². The van der Waals surface area contributed by atoms with Crippen molar-refractivity contribution in [3.8, 4) is 0 Å². The molecule has 0 spiro atoms. The molecule has 78 valence electrons. The summed E-state index contributed by atoms with van der Waals surface area (Å²) in [6.45, 7) is 6.44. The third kappa shape index (κ3) is 1.77. The first-order valence-corrected chi connectivity index (χ1v) is 5.87. The van der Waals surface area contributed by atoms with Gasteiger partial charge in [0.15, 0.2) is 5.13 Å². The van der Waals surface area contributed by atoms with Gasteiger partial charge in [-0.25, -0.2) is 4.98 Å². The Morgan fingerprint density at radius 2 is 2.29 bits per heavy atom. The Labute approximate surface area is 89.1 Å². The van der Waals surface area contributed by atoms with Gasteiger partial charge in [-0.3, -0.25) is 0 Å². The van der Waals surface area contributed by atoms with Crippen LogP contribution in [-0.2, 0) is 0 Å². The fraction of sp³-hybridized carbons (Fsp3) is 0.700. The number of hydrogen-bond acceptors (Lipinski definition) is 4. The van der Waals surface area contributed by atoms with Gasteiger partial charge >= 0.3 is 0 Å². The lowest BCUT2D eigenvalue weighted by atomic mass is 10.2. The van der Waals surface area contributed by atoms with Crippen molar-refractivity contribution >= 4 is 16.5 Å². The topological polar surface area (TPSA) is 28.2 Å². The van der Waals surface area contributed by atoms with Crippen LogP contribution in [-0.4, -0.2) is 31.2 Å². The Bertz CT molecular complexity index is 296. The molecule has 14 heavy (non-hydrogen) atoms. The predicted molar refractivity (Wildman–Crippen MR) is 61.3 cm³/mol. The third-order valence-electron chi connectivity index (χ3n) is 2.90. The zero-order valence-electron chi connectivity index (χ0n) is 9.00. The van der Waals surface area contributed by atoms with Crippen molar-refractivity contribution in [1.29, 1.82) is 0 Å². The normalized spacial score (nSPS) is 21.5.